The molecule has 2 aromatic carbocycles. The predicted octanol–water partition coefficient (Wildman–Crippen LogP) is 2.24. The van der Waals surface area contributed by atoms with Crippen LogP contribution in [0, 0.1) is 0 Å². The van der Waals surface area contributed by atoms with Crippen LogP contribution in [0.4, 0.5) is 10.5 Å². The van der Waals surface area contributed by atoms with E-state index in [2.05, 4.69) is 10.6 Å². The zero-order valence-electron chi connectivity index (χ0n) is 16.7. The lowest BCUT2D eigenvalue weighted by molar-refractivity contribution is -0.127. The zero-order valence-corrected chi connectivity index (χ0v) is 16.7. The number of hydrogen-bond donors (Lipinski definition) is 2. The highest BCUT2D eigenvalue weighted by molar-refractivity contribution is 6.16. The topological polar surface area (TPSA) is 106 Å². The summed E-state index contributed by atoms with van der Waals surface area (Å²) in [7, 11) is 4.50. The maximum atomic E-state index is 12.6. The number of urea groups is 1. The molecule has 1 aliphatic rings. The summed E-state index contributed by atoms with van der Waals surface area (Å²) in [5, 5.41) is 5.12. The summed E-state index contributed by atoms with van der Waals surface area (Å²) < 4.78 is 15.6. The summed E-state index contributed by atoms with van der Waals surface area (Å²) in [6.45, 7) is -0.439. The van der Waals surface area contributed by atoms with Crippen molar-refractivity contribution in [2.24, 2.45) is 0 Å². The minimum Gasteiger partial charge on any atom is -0.495 e. The van der Waals surface area contributed by atoms with Crippen molar-refractivity contribution in [2.75, 3.05) is 33.2 Å². The molecule has 2 N–H and O–H groups in total. The van der Waals surface area contributed by atoms with Gasteiger partial charge in [-0.25, -0.2) is 9.69 Å². The third-order valence-electron chi connectivity index (χ3n) is 4.36. The number of nitrogens with one attached hydrogen (secondary N) is 2. The average Bonchev–Trinajstić information content (AvgIpc) is 3.01. The van der Waals surface area contributed by atoms with Gasteiger partial charge in [-0.3, -0.25) is 9.59 Å². The molecule has 0 aromatic heterocycles. The maximum Gasteiger partial charge on any atom is 0.329 e. The highest BCUT2D eigenvalue weighted by Gasteiger charge is 2.35. The molecule has 0 spiro atoms. The van der Waals surface area contributed by atoms with Gasteiger partial charge >= 0.3 is 6.03 Å². The molecule has 1 heterocycles. The van der Waals surface area contributed by atoms with Crippen molar-refractivity contribution in [1.82, 2.24) is 10.2 Å². The molecule has 1 fully saturated rings. The second kappa shape index (κ2) is 8.99. The number of carbonyl (C=O) groups is 3. The first-order chi connectivity index (χ1) is 14.5. The Balaban J connectivity index is 1.73. The van der Waals surface area contributed by atoms with Crippen LogP contribution >= 0.6 is 0 Å². The smallest absolute Gasteiger partial charge is 0.329 e. The number of para-hydroxylation sites is 2. The van der Waals surface area contributed by atoms with Gasteiger partial charge in [-0.2, -0.15) is 0 Å². The Hall–Kier alpha value is -4.01. The second-order valence-electron chi connectivity index (χ2n) is 6.24. The van der Waals surface area contributed by atoms with E-state index in [1.807, 2.05) is 0 Å². The number of amides is 4. The fourth-order valence-electron chi connectivity index (χ4n) is 2.91. The fraction of sp³-hybridized carbons (Fsp3) is 0.190. The van der Waals surface area contributed by atoms with Gasteiger partial charge < -0.3 is 24.8 Å². The molecule has 156 valence electrons. The number of rotatable bonds is 7. The van der Waals surface area contributed by atoms with Crippen molar-refractivity contribution in [3.8, 4) is 17.2 Å². The van der Waals surface area contributed by atoms with E-state index in [9.17, 15) is 14.4 Å². The Kier molecular flexibility index (Phi) is 6.21. The Bertz CT molecular complexity index is 1020. The molecule has 0 radical (unpaired) electrons. The van der Waals surface area contributed by atoms with E-state index >= 15 is 0 Å². The minimum absolute atomic E-state index is 0.0531. The molecule has 30 heavy (non-hydrogen) atoms. The Labute approximate surface area is 173 Å². The third-order valence-corrected chi connectivity index (χ3v) is 4.36. The van der Waals surface area contributed by atoms with Gasteiger partial charge in [0.15, 0.2) is 11.5 Å². The number of methoxy groups -OCH3 is 3. The van der Waals surface area contributed by atoms with E-state index in [1.54, 1.807) is 42.5 Å². The lowest BCUT2D eigenvalue weighted by Crippen LogP contribution is -2.38. The number of ether oxygens (including phenoxy) is 3. The molecule has 1 saturated heterocycles. The van der Waals surface area contributed by atoms with Crippen LogP contribution in [0.1, 0.15) is 5.56 Å². The highest BCUT2D eigenvalue weighted by Crippen LogP contribution is 2.29. The van der Waals surface area contributed by atoms with Crippen LogP contribution < -0.4 is 24.8 Å². The van der Waals surface area contributed by atoms with Crippen LogP contribution in [0.3, 0.4) is 0 Å². The van der Waals surface area contributed by atoms with Crippen LogP contribution in [-0.2, 0) is 9.59 Å². The molecule has 0 aliphatic carbocycles. The van der Waals surface area contributed by atoms with Gasteiger partial charge in [-0.05, 0) is 35.9 Å². The van der Waals surface area contributed by atoms with Crippen molar-refractivity contribution in [3.05, 3.63) is 53.7 Å². The average molecular weight is 411 g/mol. The third kappa shape index (κ3) is 4.35. The summed E-state index contributed by atoms with van der Waals surface area (Å²) in [6.07, 6.45) is 1.50. The number of benzene rings is 2. The molecule has 2 aromatic rings. The molecular formula is C21H21N3O6. The second-order valence-corrected chi connectivity index (χ2v) is 6.24. The van der Waals surface area contributed by atoms with Gasteiger partial charge in [0.25, 0.3) is 5.91 Å². The summed E-state index contributed by atoms with van der Waals surface area (Å²) in [5.41, 5.74) is 1.12. The van der Waals surface area contributed by atoms with E-state index in [0.29, 0.717) is 28.5 Å². The Morgan fingerprint density at radius 3 is 2.40 bits per heavy atom. The van der Waals surface area contributed by atoms with E-state index < -0.39 is 24.4 Å². The lowest BCUT2D eigenvalue weighted by atomic mass is 10.1. The first kappa shape index (κ1) is 20.7. The van der Waals surface area contributed by atoms with Crippen molar-refractivity contribution < 1.29 is 28.6 Å². The molecule has 0 bridgehead atoms. The Morgan fingerprint density at radius 1 is 1.00 bits per heavy atom. The number of anilines is 1. The van der Waals surface area contributed by atoms with Crippen molar-refractivity contribution >= 4 is 29.6 Å². The SMILES string of the molecule is COc1ccccc1NC(=O)CN1C(=O)N/C(=C/c2ccc(OC)c(OC)c2)C1=O. The van der Waals surface area contributed by atoms with Crippen molar-refractivity contribution in [3.63, 3.8) is 0 Å². The van der Waals surface area contributed by atoms with Gasteiger partial charge in [0.2, 0.25) is 5.91 Å². The quantitative estimate of drug-likeness (QED) is 0.535. The van der Waals surface area contributed by atoms with Gasteiger partial charge in [0.1, 0.15) is 18.0 Å². The van der Waals surface area contributed by atoms with E-state index in [0.717, 1.165) is 4.90 Å². The largest absolute Gasteiger partial charge is 0.495 e. The minimum atomic E-state index is -0.679. The highest BCUT2D eigenvalue weighted by atomic mass is 16.5. The normalized spacial score (nSPS) is 14.5. The van der Waals surface area contributed by atoms with Crippen LogP contribution in [0.5, 0.6) is 17.2 Å². The number of carbonyl (C=O) groups excluding carboxylic acids is 3. The van der Waals surface area contributed by atoms with Gasteiger partial charge in [0, 0.05) is 0 Å². The van der Waals surface area contributed by atoms with Gasteiger partial charge in [0.05, 0.1) is 27.0 Å². The maximum absolute atomic E-state index is 12.6. The number of hydrogen-bond acceptors (Lipinski definition) is 6. The predicted molar refractivity (Wildman–Crippen MR) is 109 cm³/mol. The van der Waals surface area contributed by atoms with E-state index in [4.69, 9.17) is 14.2 Å². The number of nitrogens with zero attached hydrogens (tertiary/aromatic N) is 1. The van der Waals surface area contributed by atoms with Crippen molar-refractivity contribution in [2.45, 2.75) is 0 Å². The first-order valence-electron chi connectivity index (χ1n) is 8.96. The first-order valence-corrected chi connectivity index (χ1v) is 8.96. The van der Waals surface area contributed by atoms with Crippen LogP contribution in [-0.4, -0.2) is 50.6 Å². The monoisotopic (exact) mass is 411 g/mol. The fourth-order valence-corrected chi connectivity index (χ4v) is 2.91. The van der Waals surface area contributed by atoms with E-state index in [-0.39, 0.29) is 5.70 Å². The van der Waals surface area contributed by atoms with Crippen LogP contribution in [0.25, 0.3) is 6.08 Å². The standard InChI is InChI=1S/C21H21N3O6/c1-28-16-7-5-4-6-14(16)22-19(25)12-24-20(26)15(23-21(24)27)10-13-8-9-17(29-2)18(11-13)30-3/h4-11H,12H2,1-3H3,(H,22,25)(H,23,27)/b15-10+. The van der Waals surface area contributed by atoms with Crippen LogP contribution in [0.15, 0.2) is 48.2 Å². The molecule has 3 rings (SSSR count). The molecule has 0 saturated carbocycles. The summed E-state index contributed by atoms with van der Waals surface area (Å²) >= 11 is 0. The van der Waals surface area contributed by atoms with Gasteiger partial charge in [-0.15, -0.1) is 0 Å². The van der Waals surface area contributed by atoms with Gasteiger partial charge in [-0.1, -0.05) is 18.2 Å². The summed E-state index contributed by atoms with van der Waals surface area (Å²) in [6, 6.07) is 11.2. The molecule has 4 amide bonds. The summed E-state index contributed by atoms with van der Waals surface area (Å²) in [5.74, 6) is 0.352. The molecule has 9 nitrogen and oxygen atoms in total. The molecule has 0 unspecified atom stereocenters. The molecular weight excluding hydrogens is 390 g/mol. The molecule has 9 heteroatoms. The summed E-state index contributed by atoms with van der Waals surface area (Å²) in [4.78, 5) is 38.0. The van der Waals surface area contributed by atoms with E-state index in [1.165, 1.54) is 27.4 Å². The zero-order chi connectivity index (χ0) is 21.7. The van der Waals surface area contributed by atoms with Crippen LogP contribution in [0.2, 0.25) is 0 Å². The lowest BCUT2D eigenvalue weighted by Gasteiger charge is -2.13. The van der Waals surface area contributed by atoms with Crippen molar-refractivity contribution in [1.29, 1.82) is 0 Å². The molecule has 1 aliphatic heterocycles. The molecule has 0 atom stereocenters. The Morgan fingerprint density at radius 2 is 1.70 bits per heavy atom. The number of imide groups is 1.